The van der Waals surface area contributed by atoms with Crippen LogP contribution in [0.25, 0.3) is 0 Å². The number of benzene rings is 1. The van der Waals surface area contributed by atoms with Crippen molar-refractivity contribution in [2.75, 3.05) is 13.1 Å². The first-order valence-electron chi connectivity index (χ1n) is 6.14. The quantitative estimate of drug-likeness (QED) is 0.797. The molecule has 1 aliphatic heterocycles. The molecule has 1 heterocycles. The van der Waals surface area contributed by atoms with Gasteiger partial charge in [0, 0.05) is 29.5 Å². The molecular weight excluding hydrogens is 278 g/mol. The van der Waals surface area contributed by atoms with Crippen LogP contribution in [0.1, 0.15) is 25.5 Å². The number of rotatable bonds is 4. The zero-order valence-corrected chi connectivity index (χ0v) is 11.9. The van der Waals surface area contributed by atoms with Crippen molar-refractivity contribution in [3.8, 4) is 0 Å². The van der Waals surface area contributed by atoms with E-state index in [1.165, 1.54) is 5.56 Å². The lowest BCUT2D eigenvalue weighted by Gasteiger charge is -2.20. The minimum Gasteiger partial charge on any atom is -0.314 e. The summed E-state index contributed by atoms with van der Waals surface area (Å²) in [5.74, 6) is 0.590. The standard InChI is InChI=1S/C13H20BrN3/c1-9(2)15-7-11-8-16-17-13(11)10-4-3-5-12(14)6-10/h3-6,9,11,13,15-17H,7-8H2,1-2H3. The first kappa shape index (κ1) is 13.0. The van der Waals surface area contributed by atoms with Crippen LogP contribution in [0.5, 0.6) is 0 Å². The summed E-state index contributed by atoms with van der Waals surface area (Å²) in [5, 5.41) is 3.51. The lowest BCUT2D eigenvalue weighted by atomic mass is 9.95. The van der Waals surface area contributed by atoms with Crippen molar-refractivity contribution in [3.05, 3.63) is 34.3 Å². The third-order valence-electron chi connectivity index (χ3n) is 3.09. The second-order valence-electron chi connectivity index (χ2n) is 4.88. The third-order valence-corrected chi connectivity index (χ3v) is 3.58. The fourth-order valence-corrected chi connectivity index (χ4v) is 2.59. The minimum atomic E-state index is 0.388. The van der Waals surface area contributed by atoms with Gasteiger partial charge in [-0.05, 0) is 17.7 Å². The normalized spacial score (nSPS) is 24.5. The highest BCUT2D eigenvalue weighted by Gasteiger charge is 2.27. The van der Waals surface area contributed by atoms with E-state index >= 15 is 0 Å². The Labute approximate surface area is 111 Å². The molecule has 94 valence electrons. The van der Waals surface area contributed by atoms with Gasteiger partial charge in [-0.1, -0.05) is 41.9 Å². The van der Waals surface area contributed by atoms with Crippen LogP contribution < -0.4 is 16.2 Å². The Morgan fingerprint density at radius 3 is 3.00 bits per heavy atom. The summed E-state index contributed by atoms with van der Waals surface area (Å²) in [6.45, 7) is 6.42. The highest BCUT2D eigenvalue weighted by molar-refractivity contribution is 9.10. The van der Waals surface area contributed by atoms with E-state index in [4.69, 9.17) is 0 Å². The van der Waals surface area contributed by atoms with Crippen LogP contribution in [-0.4, -0.2) is 19.1 Å². The smallest absolute Gasteiger partial charge is 0.0515 e. The SMILES string of the molecule is CC(C)NCC1CNNC1c1cccc(Br)c1. The van der Waals surface area contributed by atoms with Crippen molar-refractivity contribution in [2.24, 2.45) is 5.92 Å². The van der Waals surface area contributed by atoms with E-state index in [9.17, 15) is 0 Å². The maximum Gasteiger partial charge on any atom is 0.0515 e. The number of nitrogens with one attached hydrogen (secondary N) is 3. The number of hydrogen-bond donors (Lipinski definition) is 3. The Bertz CT molecular complexity index is 367. The molecule has 1 aromatic carbocycles. The van der Waals surface area contributed by atoms with Crippen LogP contribution in [0.4, 0.5) is 0 Å². The monoisotopic (exact) mass is 297 g/mol. The lowest BCUT2D eigenvalue weighted by molar-refractivity contribution is 0.423. The fraction of sp³-hybridized carbons (Fsp3) is 0.538. The first-order chi connectivity index (χ1) is 8.16. The van der Waals surface area contributed by atoms with Crippen molar-refractivity contribution in [1.82, 2.24) is 16.2 Å². The van der Waals surface area contributed by atoms with E-state index < -0.39 is 0 Å². The van der Waals surface area contributed by atoms with Crippen LogP contribution in [0, 0.1) is 5.92 Å². The van der Waals surface area contributed by atoms with Crippen molar-refractivity contribution in [1.29, 1.82) is 0 Å². The summed E-state index contributed by atoms with van der Waals surface area (Å²) in [4.78, 5) is 0. The molecule has 3 nitrogen and oxygen atoms in total. The van der Waals surface area contributed by atoms with Gasteiger partial charge in [0.1, 0.15) is 0 Å². The van der Waals surface area contributed by atoms with E-state index in [-0.39, 0.29) is 0 Å². The molecule has 1 aromatic rings. The zero-order chi connectivity index (χ0) is 12.3. The van der Waals surface area contributed by atoms with Crippen LogP contribution in [-0.2, 0) is 0 Å². The molecular formula is C13H20BrN3. The average Bonchev–Trinajstić information content (AvgIpc) is 2.74. The predicted molar refractivity (Wildman–Crippen MR) is 74.7 cm³/mol. The molecule has 17 heavy (non-hydrogen) atoms. The van der Waals surface area contributed by atoms with Gasteiger partial charge in [0.15, 0.2) is 0 Å². The summed E-state index contributed by atoms with van der Waals surface area (Å²) in [6.07, 6.45) is 0. The van der Waals surface area contributed by atoms with Crippen LogP contribution in [0.2, 0.25) is 0 Å². The Morgan fingerprint density at radius 1 is 1.47 bits per heavy atom. The van der Waals surface area contributed by atoms with E-state index in [1.807, 2.05) is 0 Å². The highest BCUT2D eigenvalue weighted by Crippen LogP contribution is 2.26. The Hall–Kier alpha value is -0.420. The van der Waals surface area contributed by atoms with Crippen LogP contribution in [0.3, 0.4) is 0 Å². The highest BCUT2D eigenvalue weighted by atomic mass is 79.9. The molecule has 4 heteroatoms. The summed E-state index contributed by atoms with van der Waals surface area (Å²) < 4.78 is 1.14. The number of hydrogen-bond acceptors (Lipinski definition) is 3. The first-order valence-corrected chi connectivity index (χ1v) is 6.93. The number of halogens is 1. The van der Waals surface area contributed by atoms with Crippen LogP contribution >= 0.6 is 15.9 Å². The lowest BCUT2D eigenvalue weighted by Crippen LogP contribution is -2.32. The van der Waals surface area contributed by atoms with Gasteiger partial charge in [0.25, 0.3) is 0 Å². The Kier molecular flexibility index (Phi) is 4.56. The Balaban J connectivity index is 2.04. The topological polar surface area (TPSA) is 36.1 Å². The molecule has 0 aromatic heterocycles. The second-order valence-corrected chi connectivity index (χ2v) is 5.80. The van der Waals surface area contributed by atoms with Gasteiger partial charge in [-0.3, -0.25) is 5.43 Å². The average molecular weight is 298 g/mol. The second kappa shape index (κ2) is 5.96. The van der Waals surface area contributed by atoms with E-state index in [2.05, 4.69) is 70.2 Å². The molecule has 2 unspecified atom stereocenters. The molecule has 0 amide bonds. The summed E-state index contributed by atoms with van der Waals surface area (Å²) >= 11 is 3.53. The van der Waals surface area contributed by atoms with Gasteiger partial charge in [-0.15, -0.1) is 0 Å². The van der Waals surface area contributed by atoms with Gasteiger partial charge in [0.2, 0.25) is 0 Å². The summed E-state index contributed by atoms with van der Waals surface area (Å²) in [6, 6.07) is 9.45. The van der Waals surface area contributed by atoms with Gasteiger partial charge in [0.05, 0.1) is 6.04 Å². The van der Waals surface area contributed by atoms with Gasteiger partial charge in [-0.25, -0.2) is 5.43 Å². The Morgan fingerprint density at radius 2 is 2.29 bits per heavy atom. The van der Waals surface area contributed by atoms with Gasteiger partial charge < -0.3 is 5.32 Å². The molecule has 0 radical (unpaired) electrons. The minimum absolute atomic E-state index is 0.388. The molecule has 3 N–H and O–H groups in total. The van der Waals surface area contributed by atoms with Crippen molar-refractivity contribution < 1.29 is 0 Å². The molecule has 2 rings (SSSR count). The zero-order valence-electron chi connectivity index (χ0n) is 10.3. The summed E-state index contributed by atoms with van der Waals surface area (Å²) in [5.41, 5.74) is 7.96. The molecule has 2 atom stereocenters. The molecule has 0 bridgehead atoms. The molecule has 0 saturated carbocycles. The molecule has 0 spiro atoms. The van der Waals surface area contributed by atoms with Crippen molar-refractivity contribution in [3.63, 3.8) is 0 Å². The fourth-order valence-electron chi connectivity index (χ4n) is 2.17. The van der Waals surface area contributed by atoms with Gasteiger partial charge >= 0.3 is 0 Å². The maximum atomic E-state index is 3.53. The third kappa shape index (κ3) is 3.52. The summed E-state index contributed by atoms with van der Waals surface area (Å²) in [7, 11) is 0. The molecule has 0 aliphatic carbocycles. The molecule has 1 aliphatic rings. The van der Waals surface area contributed by atoms with Crippen molar-refractivity contribution >= 4 is 15.9 Å². The van der Waals surface area contributed by atoms with E-state index in [0.717, 1.165) is 17.6 Å². The molecule has 1 saturated heterocycles. The number of hydrazine groups is 1. The van der Waals surface area contributed by atoms with Crippen LogP contribution in [0.15, 0.2) is 28.7 Å². The molecule has 1 fully saturated rings. The van der Waals surface area contributed by atoms with Crippen molar-refractivity contribution in [2.45, 2.75) is 25.9 Å². The maximum absolute atomic E-state index is 3.53. The largest absolute Gasteiger partial charge is 0.314 e. The predicted octanol–water partition coefficient (Wildman–Crippen LogP) is 2.21. The van der Waals surface area contributed by atoms with E-state index in [1.54, 1.807) is 0 Å². The van der Waals surface area contributed by atoms with Gasteiger partial charge in [-0.2, -0.15) is 0 Å². The van der Waals surface area contributed by atoms with E-state index in [0.29, 0.717) is 18.0 Å².